The van der Waals surface area contributed by atoms with Crippen molar-refractivity contribution in [3.05, 3.63) is 35.5 Å². The average molecular weight is 204 g/mol. The van der Waals surface area contributed by atoms with Gasteiger partial charge in [-0.25, -0.2) is 0 Å². The molecule has 0 N–H and O–H groups in total. The number of hydrogen-bond acceptors (Lipinski definition) is 0. The van der Waals surface area contributed by atoms with Crippen molar-refractivity contribution in [2.75, 3.05) is 0 Å². The molecule has 0 nitrogen and oxygen atoms in total. The van der Waals surface area contributed by atoms with Crippen LogP contribution >= 0.6 is 0 Å². The second kappa shape index (κ2) is 4.83. The predicted octanol–water partition coefficient (Wildman–Crippen LogP) is 4.89. The monoisotopic (exact) mass is 204 g/mol. The molecule has 0 aromatic heterocycles. The lowest BCUT2D eigenvalue weighted by atomic mass is 9.74. The Morgan fingerprint density at radius 1 is 1.13 bits per heavy atom. The molecule has 1 rings (SSSR count). The van der Waals surface area contributed by atoms with Crippen molar-refractivity contribution in [2.24, 2.45) is 11.3 Å². The van der Waals surface area contributed by atoms with Gasteiger partial charge in [0.2, 0.25) is 0 Å². The van der Waals surface area contributed by atoms with Crippen molar-refractivity contribution in [1.82, 2.24) is 0 Å². The van der Waals surface area contributed by atoms with Crippen LogP contribution in [0.2, 0.25) is 0 Å². The molecule has 0 fully saturated rings. The summed E-state index contributed by atoms with van der Waals surface area (Å²) in [6.07, 6.45) is 11.8. The van der Waals surface area contributed by atoms with Crippen molar-refractivity contribution in [1.29, 1.82) is 0 Å². The van der Waals surface area contributed by atoms with E-state index in [1.165, 1.54) is 24.0 Å². The minimum atomic E-state index is 0.230. The van der Waals surface area contributed by atoms with E-state index >= 15 is 0 Å². The maximum absolute atomic E-state index is 2.42. The Kier molecular flexibility index (Phi) is 3.96. The average Bonchev–Trinajstić information content (AvgIpc) is 2.26. The first kappa shape index (κ1) is 12.3. The maximum atomic E-state index is 2.42. The van der Waals surface area contributed by atoms with Gasteiger partial charge in [-0.1, -0.05) is 62.6 Å². The molecule has 1 atom stereocenters. The van der Waals surface area contributed by atoms with E-state index in [1.807, 2.05) is 0 Å². The Morgan fingerprint density at radius 2 is 1.60 bits per heavy atom. The molecule has 0 aromatic carbocycles. The Bertz CT molecular complexity index is 280. The number of allylic oxidation sites excluding steroid dienone is 6. The van der Waals surface area contributed by atoms with Crippen LogP contribution in [0.4, 0.5) is 0 Å². The molecule has 0 bridgehead atoms. The lowest BCUT2D eigenvalue weighted by Gasteiger charge is -2.30. The lowest BCUT2D eigenvalue weighted by Crippen LogP contribution is -2.21. The summed E-state index contributed by atoms with van der Waals surface area (Å²) in [6, 6.07) is 0. The molecule has 84 valence electrons. The van der Waals surface area contributed by atoms with Crippen LogP contribution in [0, 0.1) is 11.3 Å². The van der Waals surface area contributed by atoms with E-state index < -0.39 is 0 Å². The van der Waals surface area contributed by atoms with Gasteiger partial charge in [-0.15, -0.1) is 0 Å². The van der Waals surface area contributed by atoms with Gasteiger partial charge in [0.05, 0.1) is 0 Å². The quantitative estimate of drug-likeness (QED) is 0.614. The van der Waals surface area contributed by atoms with Crippen LogP contribution in [0.3, 0.4) is 0 Å². The first-order valence-electron chi connectivity index (χ1n) is 6.05. The molecule has 0 heterocycles. The molecule has 1 aliphatic rings. The van der Waals surface area contributed by atoms with Gasteiger partial charge < -0.3 is 0 Å². The lowest BCUT2D eigenvalue weighted by molar-refractivity contribution is 0.327. The molecule has 0 aliphatic heterocycles. The van der Waals surface area contributed by atoms with Gasteiger partial charge in [-0.3, -0.25) is 0 Å². The fraction of sp³-hybridized carbons (Fsp3) is 0.600. The van der Waals surface area contributed by atoms with Gasteiger partial charge >= 0.3 is 0 Å². The van der Waals surface area contributed by atoms with E-state index in [9.17, 15) is 0 Å². The highest BCUT2D eigenvalue weighted by atomic mass is 14.3. The normalized spacial score (nSPS) is 21.7. The first-order valence-corrected chi connectivity index (χ1v) is 6.05. The van der Waals surface area contributed by atoms with Gasteiger partial charge in [0, 0.05) is 5.41 Å². The standard InChI is InChI=1S/C15H24/c1-6-7-14(4)15(5)10-12(2)8-9-13(3)11-15/h8-11,14H,6-7H2,1-5H3. The van der Waals surface area contributed by atoms with E-state index in [-0.39, 0.29) is 5.41 Å². The summed E-state index contributed by atoms with van der Waals surface area (Å²) in [5.74, 6) is 0.715. The largest absolute Gasteiger partial charge is 0.0716 e. The first-order chi connectivity index (χ1) is 6.98. The third-order valence-corrected chi connectivity index (χ3v) is 3.47. The number of rotatable bonds is 3. The van der Waals surface area contributed by atoms with Crippen LogP contribution in [0.15, 0.2) is 35.5 Å². The second-order valence-corrected chi connectivity index (χ2v) is 5.17. The zero-order valence-electron chi connectivity index (χ0n) is 10.8. The Hall–Kier alpha value is -0.780. The molecule has 0 saturated heterocycles. The molecular formula is C15H24. The fourth-order valence-electron chi connectivity index (χ4n) is 2.41. The highest BCUT2D eigenvalue weighted by Gasteiger charge is 2.26. The van der Waals surface area contributed by atoms with Crippen molar-refractivity contribution in [3.63, 3.8) is 0 Å². The van der Waals surface area contributed by atoms with Gasteiger partial charge in [-0.2, -0.15) is 0 Å². The van der Waals surface area contributed by atoms with Crippen LogP contribution in [0.25, 0.3) is 0 Å². The predicted molar refractivity (Wildman–Crippen MR) is 68.8 cm³/mol. The van der Waals surface area contributed by atoms with Crippen molar-refractivity contribution in [3.8, 4) is 0 Å². The molecule has 0 aromatic rings. The van der Waals surface area contributed by atoms with Crippen molar-refractivity contribution < 1.29 is 0 Å². The molecule has 0 amide bonds. The van der Waals surface area contributed by atoms with Crippen LogP contribution in [-0.2, 0) is 0 Å². The zero-order valence-corrected chi connectivity index (χ0v) is 10.8. The maximum Gasteiger partial charge on any atom is 0.00696 e. The summed E-state index contributed by atoms with van der Waals surface area (Å²) >= 11 is 0. The molecule has 0 spiro atoms. The van der Waals surface area contributed by atoms with Crippen LogP contribution in [0.5, 0.6) is 0 Å². The summed E-state index contributed by atoms with van der Waals surface area (Å²) in [5, 5.41) is 0. The molecule has 15 heavy (non-hydrogen) atoms. The Morgan fingerprint density at radius 3 is 2.00 bits per heavy atom. The molecule has 1 aliphatic carbocycles. The van der Waals surface area contributed by atoms with E-state index in [2.05, 4.69) is 58.9 Å². The SMILES string of the molecule is CCCC(C)C1(C)C=C(C)C=CC(C)=C1. The van der Waals surface area contributed by atoms with E-state index in [4.69, 9.17) is 0 Å². The van der Waals surface area contributed by atoms with E-state index in [0.29, 0.717) is 5.92 Å². The van der Waals surface area contributed by atoms with E-state index in [0.717, 1.165) is 0 Å². The van der Waals surface area contributed by atoms with Crippen LogP contribution in [0.1, 0.15) is 47.5 Å². The molecule has 0 heteroatoms. The fourth-order valence-corrected chi connectivity index (χ4v) is 2.41. The summed E-state index contributed by atoms with van der Waals surface area (Å²) < 4.78 is 0. The number of hydrogen-bond donors (Lipinski definition) is 0. The minimum absolute atomic E-state index is 0.230. The Balaban J connectivity index is 3.00. The molecule has 0 saturated carbocycles. The highest BCUT2D eigenvalue weighted by Crippen LogP contribution is 2.37. The second-order valence-electron chi connectivity index (χ2n) is 5.17. The smallest absolute Gasteiger partial charge is 0.00696 e. The minimum Gasteiger partial charge on any atom is -0.0716 e. The summed E-state index contributed by atoms with van der Waals surface area (Å²) in [6.45, 7) is 11.4. The van der Waals surface area contributed by atoms with Crippen molar-refractivity contribution in [2.45, 2.75) is 47.5 Å². The van der Waals surface area contributed by atoms with Gasteiger partial charge in [-0.05, 0) is 26.2 Å². The Labute approximate surface area is 94.8 Å². The topological polar surface area (TPSA) is 0 Å². The molecule has 1 unspecified atom stereocenters. The van der Waals surface area contributed by atoms with Crippen LogP contribution < -0.4 is 0 Å². The third-order valence-electron chi connectivity index (χ3n) is 3.47. The highest BCUT2D eigenvalue weighted by molar-refractivity contribution is 5.35. The van der Waals surface area contributed by atoms with Gasteiger partial charge in [0.25, 0.3) is 0 Å². The zero-order chi connectivity index (χ0) is 11.5. The van der Waals surface area contributed by atoms with Crippen molar-refractivity contribution >= 4 is 0 Å². The van der Waals surface area contributed by atoms with Gasteiger partial charge in [0.1, 0.15) is 0 Å². The van der Waals surface area contributed by atoms with Crippen LogP contribution in [-0.4, -0.2) is 0 Å². The summed E-state index contributed by atoms with van der Waals surface area (Å²) in [4.78, 5) is 0. The summed E-state index contributed by atoms with van der Waals surface area (Å²) in [7, 11) is 0. The van der Waals surface area contributed by atoms with Gasteiger partial charge in [0.15, 0.2) is 0 Å². The summed E-state index contributed by atoms with van der Waals surface area (Å²) in [5.41, 5.74) is 3.00. The van der Waals surface area contributed by atoms with E-state index in [1.54, 1.807) is 0 Å². The molecular weight excluding hydrogens is 180 g/mol. The molecule has 0 radical (unpaired) electrons. The third kappa shape index (κ3) is 3.09.